The molecule has 0 bridgehead atoms. The van der Waals surface area contributed by atoms with Crippen molar-refractivity contribution >= 4 is 5.91 Å². The van der Waals surface area contributed by atoms with E-state index >= 15 is 0 Å². The molecule has 0 saturated carbocycles. The molecule has 2 rings (SSSR count). The van der Waals surface area contributed by atoms with Crippen LogP contribution in [0.25, 0.3) is 0 Å². The number of aryl methyl sites for hydroxylation is 1. The lowest BCUT2D eigenvalue weighted by Gasteiger charge is -2.16. The summed E-state index contributed by atoms with van der Waals surface area (Å²) in [5.74, 6) is 1.24. The van der Waals surface area contributed by atoms with Gasteiger partial charge in [-0.2, -0.15) is 0 Å². The lowest BCUT2D eigenvalue weighted by atomic mass is 9.88. The number of aromatic nitrogens is 1. The molecule has 1 amide bonds. The number of carbonyl (C=O) groups excluding carboxylic acids is 1. The van der Waals surface area contributed by atoms with Crippen molar-refractivity contribution in [2.45, 2.75) is 39.5 Å². The van der Waals surface area contributed by atoms with Crippen molar-refractivity contribution in [2.75, 3.05) is 13.7 Å². The molecule has 0 aliphatic rings. The van der Waals surface area contributed by atoms with Crippen molar-refractivity contribution in [3.8, 4) is 5.75 Å². The standard InChI is InChI=1S/C18H24N2O3/c1-12-15(16(20-23-12)18(2,3)4)17(21)19-11-10-13-6-8-14(22-5)9-7-13/h6-9H,10-11H2,1-5H3,(H,19,21). The average Bonchev–Trinajstić information content (AvgIpc) is 2.90. The SMILES string of the molecule is COc1ccc(CCNC(=O)c2c(C(C)(C)C)noc2C)cc1. The summed E-state index contributed by atoms with van der Waals surface area (Å²) in [6.07, 6.45) is 0.755. The largest absolute Gasteiger partial charge is 0.497 e. The molecule has 0 unspecified atom stereocenters. The van der Waals surface area contributed by atoms with Gasteiger partial charge in [0.1, 0.15) is 22.8 Å². The second-order valence-corrected chi connectivity index (χ2v) is 6.57. The maximum Gasteiger partial charge on any atom is 0.256 e. The van der Waals surface area contributed by atoms with Crippen LogP contribution in [0.2, 0.25) is 0 Å². The first-order valence-corrected chi connectivity index (χ1v) is 7.71. The van der Waals surface area contributed by atoms with Gasteiger partial charge < -0.3 is 14.6 Å². The van der Waals surface area contributed by atoms with Gasteiger partial charge in [-0.15, -0.1) is 0 Å². The highest BCUT2D eigenvalue weighted by atomic mass is 16.5. The number of hydrogen-bond acceptors (Lipinski definition) is 4. The highest BCUT2D eigenvalue weighted by Crippen LogP contribution is 2.26. The number of amides is 1. The summed E-state index contributed by atoms with van der Waals surface area (Å²) in [6, 6.07) is 7.82. The van der Waals surface area contributed by atoms with Gasteiger partial charge in [-0.3, -0.25) is 4.79 Å². The number of nitrogens with zero attached hydrogens (tertiary/aromatic N) is 1. The van der Waals surface area contributed by atoms with Gasteiger partial charge in [0.05, 0.1) is 7.11 Å². The molecule has 1 heterocycles. The summed E-state index contributed by atoms with van der Waals surface area (Å²) < 4.78 is 10.3. The van der Waals surface area contributed by atoms with Gasteiger partial charge in [0.25, 0.3) is 5.91 Å². The van der Waals surface area contributed by atoms with Crippen LogP contribution in [0.3, 0.4) is 0 Å². The topological polar surface area (TPSA) is 64.4 Å². The summed E-state index contributed by atoms with van der Waals surface area (Å²) in [5.41, 5.74) is 2.15. The molecule has 1 N–H and O–H groups in total. The Morgan fingerprint density at radius 2 is 1.91 bits per heavy atom. The molecule has 2 aromatic rings. The Hall–Kier alpha value is -2.30. The van der Waals surface area contributed by atoms with Crippen molar-refractivity contribution in [3.63, 3.8) is 0 Å². The van der Waals surface area contributed by atoms with Gasteiger partial charge in [0.15, 0.2) is 0 Å². The minimum atomic E-state index is -0.236. The Bertz CT molecular complexity index is 667. The maximum atomic E-state index is 12.5. The third-order valence-electron chi connectivity index (χ3n) is 3.66. The average molecular weight is 316 g/mol. The summed E-state index contributed by atoms with van der Waals surface area (Å²) in [6.45, 7) is 8.36. The summed E-state index contributed by atoms with van der Waals surface area (Å²) >= 11 is 0. The van der Waals surface area contributed by atoms with E-state index in [0.717, 1.165) is 17.7 Å². The van der Waals surface area contributed by atoms with Crippen LogP contribution in [-0.2, 0) is 11.8 Å². The minimum absolute atomic E-state index is 0.137. The van der Waals surface area contributed by atoms with Gasteiger partial charge in [-0.25, -0.2) is 0 Å². The molecule has 5 nitrogen and oxygen atoms in total. The number of carbonyl (C=O) groups is 1. The summed E-state index contributed by atoms with van der Waals surface area (Å²) in [7, 11) is 1.64. The van der Waals surface area contributed by atoms with Crippen molar-refractivity contribution in [3.05, 3.63) is 46.8 Å². The number of hydrogen-bond donors (Lipinski definition) is 1. The van der Waals surface area contributed by atoms with Gasteiger partial charge in [-0.1, -0.05) is 38.1 Å². The first-order chi connectivity index (χ1) is 10.8. The van der Waals surface area contributed by atoms with E-state index < -0.39 is 0 Å². The monoisotopic (exact) mass is 316 g/mol. The second-order valence-electron chi connectivity index (χ2n) is 6.57. The lowest BCUT2D eigenvalue weighted by molar-refractivity contribution is 0.0950. The quantitative estimate of drug-likeness (QED) is 0.919. The van der Waals surface area contributed by atoms with Crippen LogP contribution in [0.4, 0.5) is 0 Å². The Labute approximate surface area is 137 Å². The molecular weight excluding hydrogens is 292 g/mol. The van der Waals surface area contributed by atoms with Crippen LogP contribution in [0.15, 0.2) is 28.8 Å². The number of benzene rings is 1. The lowest BCUT2D eigenvalue weighted by Crippen LogP contribution is -2.29. The fourth-order valence-electron chi connectivity index (χ4n) is 2.35. The smallest absolute Gasteiger partial charge is 0.256 e. The van der Waals surface area contributed by atoms with Gasteiger partial charge >= 0.3 is 0 Å². The van der Waals surface area contributed by atoms with Crippen molar-refractivity contribution in [1.82, 2.24) is 10.5 Å². The molecule has 0 aliphatic carbocycles. The molecule has 0 fully saturated rings. The zero-order valence-electron chi connectivity index (χ0n) is 14.4. The number of methoxy groups -OCH3 is 1. The molecule has 0 atom stereocenters. The fourth-order valence-corrected chi connectivity index (χ4v) is 2.35. The molecule has 23 heavy (non-hydrogen) atoms. The number of rotatable bonds is 5. The van der Waals surface area contributed by atoms with Crippen LogP contribution in [0.5, 0.6) is 5.75 Å². The molecule has 1 aromatic carbocycles. The number of nitrogens with one attached hydrogen (secondary N) is 1. The van der Waals surface area contributed by atoms with Crippen LogP contribution in [0, 0.1) is 6.92 Å². The van der Waals surface area contributed by atoms with Crippen LogP contribution in [0.1, 0.15) is 48.1 Å². The van der Waals surface area contributed by atoms with E-state index in [1.165, 1.54) is 0 Å². The van der Waals surface area contributed by atoms with Crippen molar-refractivity contribution < 1.29 is 14.1 Å². The van der Waals surface area contributed by atoms with E-state index in [1.54, 1.807) is 14.0 Å². The molecule has 0 radical (unpaired) electrons. The summed E-state index contributed by atoms with van der Waals surface area (Å²) in [5, 5.41) is 6.99. The highest BCUT2D eigenvalue weighted by Gasteiger charge is 2.28. The third kappa shape index (κ3) is 4.12. The zero-order chi connectivity index (χ0) is 17.0. The molecule has 0 spiro atoms. The maximum absolute atomic E-state index is 12.5. The molecule has 0 saturated heterocycles. The van der Waals surface area contributed by atoms with Crippen molar-refractivity contribution in [1.29, 1.82) is 0 Å². The third-order valence-corrected chi connectivity index (χ3v) is 3.66. The molecule has 1 aromatic heterocycles. The Kier molecular flexibility index (Phi) is 5.08. The molecule has 124 valence electrons. The second kappa shape index (κ2) is 6.86. The van der Waals surface area contributed by atoms with E-state index in [2.05, 4.69) is 10.5 Å². The first kappa shape index (κ1) is 17.1. The van der Waals surface area contributed by atoms with E-state index in [1.807, 2.05) is 45.0 Å². The normalized spacial score (nSPS) is 11.3. The highest BCUT2D eigenvalue weighted by molar-refractivity contribution is 5.96. The molecule has 5 heteroatoms. The van der Waals surface area contributed by atoms with Gasteiger partial charge in [0.2, 0.25) is 0 Å². The van der Waals surface area contributed by atoms with E-state index in [4.69, 9.17) is 9.26 Å². The van der Waals surface area contributed by atoms with E-state index in [0.29, 0.717) is 23.6 Å². The van der Waals surface area contributed by atoms with Crippen molar-refractivity contribution in [2.24, 2.45) is 0 Å². The summed E-state index contributed by atoms with van der Waals surface area (Å²) in [4.78, 5) is 12.5. The number of ether oxygens (including phenoxy) is 1. The van der Waals surface area contributed by atoms with Crippen LogP contribution in [-0.4, -0.2) is 24.7 Å². The fraction of sp³-hybridized carbons (Fsp3) is 0.444. The Balaban J connectivity index is 1.99. The first-order valence-electron chi connectivity index (χ1n) is 7.71. The predicted octanol–water partition coefficient (Wildman–Crippen LogP) is 3.26. The predicted molar refractivity (Wildman–Crippen MR) is 89.0 cm³/mol. The van der Waals surface area contributed by atoms with Gasteiger partial charge in [-0.05, 0) is 31.0 Å². The Morgan fingerprint density at radius 1 is 1.26 bits per heavy atom. The molecular formula is C18H24N2O3. The molecule has 0 aliphatic heterocycles. The van der Waals surface area contributed by atoms with E-state index in [-0.39, 0.29) is 11.3 Å². The zero-order valence-corrected chi connectivity index (χ0v) is 14.4. The van der Waals surface area contributed by atoms with Crippen LogP contribution >= 0.6 is 0 Å². The van der Waals surface area contributed by atoms with E-state index in [9.17, 15) is 4.79 Å². The Morgan fingerprint density at radius 3 is 2.48 bits per heavy atom. The minimum Gasteiger partial charge on any atom is -0.497 e. The van der Waals surface area contributed by atoms with Crippen LogP contribution < -0.4 is 10.1 Å². The van der Waals surface area contributed by atoms with Gasteiger partial charge in [0, 0.05) is 12.0 Å².